The molecule has 1 spiro atoms. The van der Waals surface area contributed by atoms with Crippen molar-refractivity contribution in [1.29, 1.82) is 0 Å². The number of pyridine rings is 1. The third-order valence-corrected chi connectivity index (χ3v) is 6.29. The number of morpholine rings is 1. The van der Waals surface area contributed by atoms with E-state index in [4.69, 9.17) is 15.5 Å². The van der Waals surface area contributed by atoms with E-state index >= 15 is 0 Å². The molecule has 0 amide bonds. The van der Waals surface area contributed by atoms with Crippen molar-refractivity contribution in [3.8, 4) is 0 Å². The summed E-state index contributed by atoms with van der Waals surface area (Å²) in [6, 6.07) is 5.41. The van der Waals surface area contributed by atoms with E-state index in [0.717, 1.165) is 31.0 Å². The van der Waals surface area contributed by atoms with Crippen LogP contribution >= 0.6 is 0 Å². The van der Waals surface area contributed by atoms with Crippen LogP contribution in [0.4, 0.5) is 11.5 Å². The summed E-state index contributed by atoms with van der Waals surface area (Å²) in [5, 5.41) is 3.70. The first-order valence-electron chi connectivity index (χ1n) is 9.86. The Balaban J connectivity index is 1.38. The minimum absolute atomic E-state index is 0.263. The van der Waals surface area contributed by atoms with E-state index in [1.165, 1.54) is 31.4 Å². The minimum Gasteiger partial charge on any atom is -0.381 e. The topological polar surface area (TPSA) is 63.4 Å². The Kier molecular flexibility index (Phi) is 4.40. The fourth-order valence-electron chi connectivity index (χ4n) is 5.03. The number of anilines is 2. The van der Waals surface area contributed by atoms with Gasteiger partial charge in [-0.25, -0.2) is 4.98 Å². The SMILES string of the molecule is CC[C@@H]1CN(c2ccc(NC3CC4(CC(N)C4)C3)c(C)n2)C[C@H](C)O1. The van der Waals surface area contributed by atoms with Gasteiger partial charge < -0.3 is 20.7 Å². The highest BCUT2D eigenvalue weighted by atomic mass is 16.5. The molecule has 2 aliphatic carbocycles. The van der Waals surface area contributed by atoms with Gasteiger partial charge in [-0.2, -0.15) is 0 Å². The van der Waals surface area contributed by atoms with Gasteiger partial charge in [0.25, 0.3) is 0 Å². The molecule has 138 valence electrons. The molecule has 5 nitrogen and oxygen atoms in total. The van der Waals surface area contributed by atoms with Crippen LogP contribution in [0, 0.1) is 12.3 Å². The van der Waals surface area contributed by atoms with E-state index in [1.54, 1.807) is 0 Å². The summed E-state index contributed by atoms with van der Waals surface area (Å²) >= 11 is 0. The second-order valence-electron chi connectivity index (χ2n) is 8.60. The molecule has 1 aromatic rings. The molecule has 0 radical (unpaired) electrons. The first kappa shape index (κ1) is 17.1. The molecule has 2 heterocycles. The van der Waals surface area contributed by atoms with Gasteiger partial charge in [0.05, 0.1) is 23.6 Å². The van der Waals surface area contributed by atoms with E-state index in [0.29, 0.717) is 23.6 Å². The van der Waals surface area contributed by atoms with Gasteiger partial charge in [0.1, 0.15) is 5.82 Å². The smallest absolute Gasteiger partial charge is 0.129 e. The molecule has 0 unspecified atom stereocenters. The predicted molar refractivity (Wildman–Crippen MR) is 102 cm³/mol. The summed E-state index contributed by atoms with van der Waals surface area (Å²) in [7, 11) is 0. The lowest BCUT2D eigenvalue weighted by Gasteiger charge is -2.57. The lowest BCUT2D eigenvalue weighted by Crippen LogP contribution is -2.57. The zero-order chi connectivity index (χ0) is 17.6. The molecule has 5 heteroatoms. The van der Waals surface area contributed by atoms with Gasteiger partial charge in [0.2, 0.25) is 0 Å². The number of aryl methyl sites for hydroxylation is 1. The van der Waals surface area contributed by atoms with Crippen molar-refractivity contribution in [2.24, 2.45) is 11.1 Å². The number of hydrogen-bond acceptors (Lipinski definition) is 5. The number of aromatic nitrogens is 1. The molecule has 0 bridgehead atoms. The molecular formula is C20H32N4O. The maximum atomic E-state index is 5.97. The molecule has 2 atom stereocenters. The second kappa shape index (κ2) is 6.44. The Morgan fingerprint density at radius 2 is 2.04 bits per heavy atom. The number of nitrogens with one attached hydrogen (secondary N) is 1. The van der Waals surface area contributed by atoms with Gasteiger partial charge in [-0.1, -0.05) is 6.92 Å². The van der Waals surface area contributed by atoms with E-state index < -0.39 is 0 Å². The third kappa shape index (κ3) is 3.36. The predicted octanol–water partition coefficient (Wildman–Crippen LogP) is 3.08. The number of nitrogens with zero attached hydrogens (tertiary/aromatic N) is 2. The molecule has 1 aromatic heterocycles. The highest BCUT2D eigenvalue weighted by Gasteiger charge is 2.51. The fraction of sp³-hybridized carbons (Fsp3) is 0.750. The first-order chi connectivity index (χ1) is 12.0. The van der Waals surface area contributed by atoms with Crippen molar-refractivity contribution in [1.82, 2.24) is 4.98 Å². The van der Waals surface area contributed by atoms with Crippen molar-refractivity contribution in [3.05, 3.63) is 17.8 Å². The van der Waals surface area contributed by atoms with Crippen LogP contribution in [-0.4, -0.2) is 42.4 Å². The van der Waals surface area contributed by atoms with Crippen LogP contribution in [0.2, 0.25) is 0 Å². The van der Waals surface area contributed by atoms with Crippen molar-refractivity contribution in [3.63, 3.8) is 0 Å². The molecule has 1 saturated heterocycles. The first-order valence-corrected chi connectivity index (χ1v) is 9.86. The summed E-state index contributed by atoms with van der Waals surface area (Å²) in [5.74, 6) is 1.08. The van der Waals surface area contributed by atoms with E-state index in [-0.39, 0.29) is 6.10 Å². The molecule has 3 aliphatic rings. The molecule has 2 saturated carbocycles. The number of ether oxygens (including phenoxy) is 1. The summed E-state index contributed by atoms with van der Waals surface area (Å²) < 4.78 is 5.97. The Bertz CT molecular complexity index is 620. The average Bonchev–Trinajstić information content (AvgIpc) is 2.52. The maximum absolute atomic E-state index is 5.97. The van der Waals surface area contributed by atoms with Crippen LogP contribution in [0.25, 0.3) is 0 Å². The zero-order valence-electron chi connectivity index (χ0n) is 15.8. The molecule has 0 aromatic carbocycles. The van der Waals surface area contributed by atoms with E-state index in [9.17, 15) is 0 Å². The fourth-order valence-corrected chi connectivity index (χ4v) is 5.03. The second-order valence-corrected chi connectivity index (χ2v) is 8.60. The lowest BCUT2D eigenvalue weighted by atomic mass is 9.52. The van der Waals surface area contributed by atoms with E-state index in [1.807, 2.05) is 0 Å². The van der Waals surface area contributed by atoms with Gasteiger partial charge in [0.15, 0.2) is 0 Å². The van der Waals surface area contributed by atoms with Crippen molar-refractivity contribution >= 4 is 11.5 Å². The van der Waals surface area contributed by atoms with Crippen molar-refractivity contribution in [2.75, 3.05) is 23.3 Å². The van der Waals surface area contributed by atoms with Gasteiger partial charge >= 0.3 is 0 Å². The van der Waals surface area contributed by atoms with Crippen LogP contribution in [-0.2, 0) is 4.74 Å². The van der Waals surface area contributed by atoms with Crippen LogP contribution in [0.5, 0.6) is 0 Å². The quantitative estimate of drug-likeness (QED) is 0.879. The molecule has 4 rings (SSSR count). The molecular weight excluding hydrogens is 312 g/mol. The largest absolute Gasteiger partial charge is 0.381 e. The summed E-state index contributed by atoms with van der Waals surface area (Å²) in [4.78, 5) is 7.25. The maximum Gasteiger partial charge on any atom is 0.129 e. The number of nitrogens with two attached hydrogens (primary N) is 1. The van der Waals surface area contributed by atoms with Gasteiger partial charge in [-0.15, -0.1) is 0 Å². The summed E-state index contributed by atoms with van der Waals surface area (Å²) in [6.45, 7) is 8.30. The number of rotatable bonds is 4. The van der Waals surface area contributed by atoms with Crippen LogP contribution in [0.15, 0.2) is 12.1 Å². The molecule has 25 heavy (non-hydrogen) atoms. The van der Waals surface area contributed by atoms with Crippen LogP contribution in [0.3, 0.4) is 0 Å². The van der Waals surface area contributed by atoms with Crippen molar-refractivity contribution in [2.45, 2.75) is 77.2 Å². The lowest BCUT2D eigenvalue weighted by molar-refractivity contribution is -0.0174. The molecule has 1 aliphatic heterocycles. The minimum atomic E-state index is 0.263. The summed E-state index contributed by atoms with van der Waals surface area (Å²) in [5.41, 5.74) is 8.80. The van der Waals surface area contributed by atoms with E-state index in [2.05, 4.69) is 43.1 Å². The van der Waals surface area contributed by atoms with Crippen LogP contribution in [0.1, 0.15) is 51.6 Å². The monoisotopic (exact) mass is 344 g/mol. The Morgan fingerprint density at radius 3 is 2.68 bits per heavy atom. The van der Waals surface area contributed by atoms with Gasteiger partial charge in [0, 0.05) is 25.2 Å². The number of hydrogen-bond donors (Lipinski definition) is 2. The Labute approximate surface area is 151 Å². The summed E-state index contributed by atoms with van der Waals surface area (Å²) in [6.07, 6.45) is 6.58. The van der Waals surface area contributed by atoms with Crippen LogP contribution < -0.4 is 16.0 Å². The standard InChI is InChI=1S/C20H32N4O/c1-4-17-12-24(11-13(2)25-17)19-6-5-18(14(3)22-19)23-16-9-20(10-16)7-15(21)8-20/h5-6,13,15-17,23H,4,7-12,21H2,1-3H3/t13-,15?,16?,17+,20?/m0/s1. The van der Waals surface area contributed by atoms with Crippen molar-refractivity contribution < 1.29 is 4.74 Å². The van der Waals surface area contributed by atoms with Gasteiger partial charge in [-0.3, -0.25) is 0 Å². The average molecular weight is 345 g/mol. The Hall–Kier alpha value is -1.33. The molecule has 3 N–H and O–H groups in total. The highest BCUT2D eigenvalue weighted by Crippen LogP contribution is 2.55. The highest BCUT2D eigenvalue weighted by molar-refractivity contribution is 5.54. The zero-order valence-corrected chi connectivity index (χ0v) is 15.8. The normalized spacial score (nSPS) is 37.5. The molecule has 3 fully saturated rings. The van der Waals surface area contributed by atoms with Gasteiger partial charge in [-0.05, 0) is 63.5 Å². The third-order valence-electron chi connectivity index (χ3n) is 6.29. The Morgan fingerprint density at radius 1 is 1.28 bits per heavy atom.